The van der Waals surface area contributed by atoms with Crippen molar-refractivity contribution in [3.8, 4) is 0 Å². The van der Waals surface area contributed by atoms with Crippen LogP contribution in [0.4, 0.5) is 0 Å². The van der Waals surface area contributed by atoms with Gasteiger partial charge in [0.15, 0.2) is 16.1 Å². The third kappa shape index (κ3) is 3.80. The summed E-state index contributed by atoms with van der Waals surface area (Å²) >= 11 is 0. The van der Waals surface area contributed by atoms with Crippen LogP contribution in [0.15, 0.2) is 35.2 Å². The van der Waals surface area contributed by atoms with Crippen LogP contribution >= 0.6 is 0 Å². The molecule has 1 N–H and O–H groups in total. The number of aliphatic hydroxyl groups excluding tert-OH is 1. The monoisotopic (exact) mass is 508 g/mol. The molecule has 9 nitrogen and oxygen atoms in total. The molecule has 1 aromatic rings. The van der Waals surface area contributed by atoms with Crippen LogP contribution < -0.4 is 0 Å². The van der Waals surface area contributed by atoms with Gasteiger partial charge in [-0.2, -0.15) is 0 Å². The molecule has 35 heavy (non-hydrogen) atoms. The summed E-state index contributed by atoms with van der Waals surface area (Å²) < 4.78 is 64.1. The largest absolute Gasteiger partial charge is 0.392 e. The van der Waals surface area contributed by atoms with Crippen molar-refractivity contribution in [3.63, 3.8) is 0 Å². The molecule has 0 radical (unpaired) electrons. The van der Waals surface area contributed by atoms with Crippen molar-refractivity contribution in [2.24, 2.45) is 5.92 Å². The number of rotatable bonds is 6. The molecule has 0 spiro atoms. The van der Waals surface area contributed by atoms with Gasteiger partial charge in [-0.3, -0.25) is 0 Å². The van der Waals surface area contributed by atoms with Gasteiger partial charge in [0.2, 0.25) is 0 Å². The lowest BCUT2D eigenvalue weighted by molar-refractivity contribution is -0.266. The molecule has 7 aliphatic rings. The second kappa shape index (κ2) is 8.73. The van der Waals surface area contributed by atoms with E-state index < -0.39 is 21.2 Å². The Kier molecular flexibility index (Phi) is 5.75. The quantitative estimate of drug-likeness (QED) is 0.606. The number of fused-ring (bicyclic) bond motifs is 1. The van der Waals surface area contributed by atoms with Crippen LogP contribution in [0.1, 0.15) is 32.1 Å². The molecular formula is C25H32O9S. The molecule has 7 saturated heterocycles. The predicted molar refractivity (Wildman–Crippen MR) is 120 cm³/mol. The SMILES string of the molecule is O=S(=O)(c1ccccc1)C(C(O)CC1CC[C@@H]2OC3C4O[C@@H]5C[C@H]4O[C@H]3[C@@H](O5)[C@H]2O1)[C@@H]1CCOC1. The van der Waals surface area contributed by atoms with Crippen LogP contribution in [-0.2, 0) is 38.3 Å². The molecule has 0 amide bonds. The molecule has 8 rings (SSSR count). The summed E-state index contributed by atoms with van der Waals surface area (Å²) in [5.74, 6) is -0.261. The molecular weight excluding hydrogens is 476 g/mol. The summed E-state index contributed by atoms with van der Waals surface area (Å²) in [5.41, 5.74) is 0. The highest BCUT2D eigenvalue weighted by molar-refractivity contribution is 7.92. The van der Waals surface area contributed by atoms with Crippen LogP contribution in [0.3, 0.4) is 0 Å². The van der Waals surface area contributed by atoms with Gasteiger partial charge in [0, 0.05) is 25.4 Å². The maximum Gasteiger partial charge on any atom is 0.184 e. The summed E-state index contributed by atoms with van der Waals surface area (Å²) in [4.78, 5) is 0.228. The van der Waals surface area contributed by atoms with Gasteiger partial charge in [-0.05, 0) is 31.4 Å². The van der Waals surface area contributed by atoms with Crippen molar-refractivity contribution >= 4 is 9.84 Å². The molecule has 0 saturated carbocycles. The average Bonchev–Trinajstić information content (AvgIpc) is 3.52. The zero-order chi connectivity index (χ0) is 23.7. The van der Waals surface area contributed by atoms with Gasteiger partial charge in [-0.15, -0.1) is 0 Å². The highest BCUT2D eigenvalue weighted by atomic mass is 32.2. The Morgan fingerprint density at radius 1 is 0.857 bits per heavy atom. The van der Waals surface area contributed by atoms with Gasteiger partial charge in [-0.1, -0.05) is 18.2 Å². The molecule has 7 aliphatic heterocycles. The Bertz CT molecular complexity index is 1030. The van der Waals surface area contributed by atoms with Crippen LogP contribution in [0.5, 0.6) is 0 Å². The van der Waals surface area contributed by atoms with Crippen LogP contribution in [0.25, 0.3) is 0 Å². The Balaban J connectivity index is 1.10. The predicted octanol–water partition coefficient (Wildman–Crippen LogP) is 1.21. The Morgan fingerprint density at radius 2 is 1.57 bits per heavy atom. The van der Waals surface area contributed by atoms with E-state index in [0.717, 1.165) is 6.42 Å². The second-order valence-corrected chi connectivity index (χ2v) is 12.8. The van der Waals surface area contributed by atoms with Crippen molar-refractivity contribution in [1.29, 1.82) is 0 Å². The lowest BCUT2D eigenvalue weighted by atomic mass is 9.86. The summed E-state index contributed by atoms with van der Waals surface area (Å²) in [6.45, 7) is 0.837. The van der Waals surface area contributed by atoms with Crippen molar-refractivity contribution in [1.82, 2.24) is 0 Å². The zero-order valence-electron chi connectivity index (χ0n) is 19.4. The van der Waals surface area contributed by atoms with E-state index in [1.807, 2.05) is 0 Å². The maximum atomic E-state index is 13.6. The lowest BCUT2D eigenvalue weighted by Crippen LogP contribution is -2.61. The third-order valence-electron chi connectivity index (χ3n) is 8.60. The summed E-state index contributed by atoms with van der Waals surface area (Å²) in [6, 6.07) is 8.38. The minimum atomic E-state index is -3.76. The summed E-state index contributed by atoms with van der Waals surface area (Å²) in [7, 11) is -3.76. The van der Waals surface area contributed by atoms with E-state index in [2.05, 4.69) is 0 Å². The first-order valence-corrected chi connectivity index (χ1v) is 14.4. The van der Waals surface area contributed by atoms with Crippen LogP contribution in [-0.4, -0.2) is 93.2 Å². The van der Waals surface area contributed by atoms with E-state index in [9.17, 15) is 13.5 Å². The smallest absolute Gasteiger partial charge is 0.184 e. The lowest BCUT2D eigenvalue weighted by Gasteiger charge is -2.47. The number of sulfone groups is 1. The van der Waals surface area contributed by atoms with Gasteiger partial charge in [0.1, 0.15) is 30.5 Å². The van der Waals surface area contributed by atoms with E-state index in [1.54, 1.807) is 30.3 Å². The summed E-state index contributed by atoms with van der Waals surface area (Å²) in [5, 5.41) is 10.4. The van der Waals surface area contributed by atoms with Gasteiger partial charge < -0.3 is 33.5 Å². The maximum absolute atomic E-state index is 13.6. The van der Waals surface area contributed by atoms with E-state index in [-0.39, 0.29) is 72.4 Å². The Hall–Kier alpha value is -1.11. The topological polar surface area (TPSA) is 110 Å². The molecule has 7 heterocycles. The van der Waals surface area contributed by atoms with Crippen molar-refractivity contribution in [3.05, 3.63) is 30.3 Å². The number of benzene rings is 1. The highest BCUT2D eigenvalue weighted by Crippen LogP contribution is 2.49. The molecule has 6 bridgehead atoms. The summed E-state index contributed by atoms with van der Waals surface area (Å²) in [6.07, 6.45) is 0.149. The molecule has 7 fully saturated rings. The number of hydrogen-bond acceptors (Lipinski definition) is 9. The first-order chi connectivity index (χ1) is 17.0. The normalized spacial score (nSPS) is 45.7. The second-order valence-electron chi connectivity index (χ2n) is 10.7. The highest BCUT2D eigenvalue weighted by Gasteiger charge is 2.64. The zero-order valence-corrected chi connectivity index (χ0v) is 20.2. The van der Waals surface area contributed by atoms with Gasteiger partial charge >= 0.3 is 0 Å². The molecule has 12 atom stereocenters. The fourth-order valence-corrected chi connectivity index (χ4v) is 9.11. The van der Waals surface area contributed by atoms with Crippen LogP contribution in [0, 0.1) is 5.92 Å². The fourth-order valence-electron chi connectivity index (χ4n) is 7.01. The van der Waals surface area contributed by atoms with E-state index >= 15 is 0 Å². The van der Waals surface area contributed by atoms with Gasteiger partial charge in [0.05, 0.1) is 41.2 Å². The standard InChI is InChI=1S/C25H32O9S/c26-16(25(13-8-9-29-12-13)35(27,28)15-4-2-1-3-5-15)10-14-6-7-17-20(30-14)23-24-22(31-17)21-18(32-24)11-19(33-21)34-23/h1-5,13-14,16-26H,6-12H2/t13-,14?,16?,17+,18-,19+,20+,21?,22?,23+,24-,25?/m1/s1. The minimum absolute atomic E-state index is 0.00959. The van der Waals surface area contributed by atoms with E-state index in [4.69, 9.17) is 28.4 Å². The van der Waals surface area contributed by atoms with Gasteiger partial charge in [-0.25, -0.2) is 8.42 Å². The molecule has 0 aromatic heterocycles. The van der Waals surface area contributed by atoms with Crippen molar-refractivity contribution in [2.45, 2.75) is 103 Å². The molecule has 1 aromatic carbocycles. The average molecular weight is 509 g/mol. The molecule has 192 valence electrons. The van der Waals surface area contributed by atoms with Gasteiger partial charge in [0.25, 0.3) is 0 Å². The minimum Gasteiger partial charge on any atom is -0.392 e. The third-order valence-corrected chi connectivity index (χ3v) is 10.9. The first-order valence-electron chi connectivity index (χ1n) is 12.8. The number of ether oxygens (including phenoxy) is 6. The van der Waals surface area contributed by atoms with Crippen molar-refractivity contribution in [2.75, 3.05) is 13.2 Å². The molecule has 5 unspecified atom stereocenters. The Morgan fingerprint density at radius 3 is 2.37 bits per heavy atom. The number of hydrogen-bond donors (Lipinski definition) is 1. The first kappa shape index (κ1) is 23.0. The Labute approximate surface area is 204 Å². The van der Waals surface area contributed by atoms with Crippen molar-refractivity contribution < 1.29 is 41.9 Å². The molecule has 10 heteroatoms. The van der Waals surface area contributed by atoms with E-state index in [0.29, 0.717) is 32.5 Å². The molecule has 0 aliphatic carbocycles. The fraction of sp³-hybridized carbons (Fsp3) is 0.760. The number of aliphatic hydroxyl groups is 1. The van der Waals surface area contributed by atoms with E-state index in [1.165, 1.54) is 0 Å². The van der Waals surface area contributed by atoms with Crippen LogP contribution in [0.2, 0.25) is 0 Å².